The number of carbonyl (C=O) groups excluding carboxylic acids is 2. The number of aryl methyl sites for hydroxylation is 2. The number of carbonyl (C=O) groups is 2. The molecule has 3 aromatic rings. The summed E-state index contributed by atoms with van der Waals surface area (Å²) in [5.41, 5.74) is 7.28. The van der Waals surface area contributed by atoms with Crippen molar-refractivity contribution in [3.8, 4) is 11.5 Å². The Morgan fingerprint density at radius 3 is 2.33 bits per heavy atom. The van der Waals surface area contributed by atoms with E-state index in [2.05, 4.69) is 18.2 Å². The monoisotopic (exact) mass is 563 g/mol. The third kappa shape index (κ3) is 5.27. The first-order valence-corrected chi connectivity index (χ1v) is 14.7. The Kier molecular flexibility index (Phi) is 7.74. The van der Waals surface area contributed by atoms with Crippen LogP contribution in [-0.2, 0) is 14.3 Å². The van der Waals surface area contributed by atoms with Crippen molar-refractivity contribution in [2.45, 2.75) is 39.2 Å². The van der Waals surface area contributed by atoms with Crippen LogP contribution in [0.2, 0.25) is 0 Å². The van der Waals surface area contributed by atoms with Gasteiger partial charge < -0.3 is 14.6 Å². The first kappa shape index (κ1) is 28.0. The Morgan fingerprint density at radius 2 is 1.64 bits per heavy atom. The zero-order valence-electron chi connectivity index (χ0n) is 24.4. The number of fused-ring (bicyclic) bond motifs is 3. The largest absolute Gasteiger partial charge is 0.507 e. The minimum Gasteiger partial charge on any atom is -0.507 e. The number of rotatable bonds is 8. The first-order valence-electron chi connectivity index (χ1n) is 14.7. The van der Waals surface area contributed by atoms with Gasteiger partial charge in [-0.3, -0.25) is 14.5 Å². The highest BCUT2D eigenvalue weighted by Crippen LogP contribution is 2.49. The highest BCUT2D eigenvalue weighted by atomic mass is 16.5. The fraction of sp³-hybridized carbons (Fsp3) is 0.333. The zero-order chi connectivity index (χ0) is 29.4. The van der Waals surface area contributed by atoms with E-state index in [0.717, 1.165) is 52.0 Å². The number of benzene rings is 3. The summed E-state index contributed by atoms with van der Waals surface area (Å²) in [6, 6.07) is 24.0. The molecule has 42 heavy (non-hydrogen) atoms. The summed E-state index contributed by atoms with van der Waals surface area (Å²) in [4.78, 5) is 27.5. The van der Waals surface area contributed by atoms with Crippen molar-refractivity contribution in [3.63, 3.8) is 0 Å². The number of phenols is 1. The Hall–Kier alpha value is -4.16. The standard InChI is InChI=1S/C36H37NO5/c1-22-16-24(17-23(2)34(22)38)18-26(25-10-6-4-7-11-25)14-15-31-32-27(20-41-28-12-8-5-9-13-28)19-29-33(30(32)21-42-31)36(40)37(3)35(29)39/h4-13,16-18,29-31,33,38H,14-15,19-21H2,1-3H3/b26-18-/t29-,30+,31-,33-/m1/s1. The van der Waals surface area contributed by atoms with Crippen molar-refractivity contribution < 1.29 is 24.2 Å². The summed E-state index contributed by atoms with van der Waals surface area (Å²) in [6.45, 7) is 4.65. The van der Waals surface area contributed by atoms with Gasteiger partial charge in [0, 0.05) is 13.0 Å². The van der Waals surface area contributed by atoms with Gasteiger partial charge in [0.2, 0.25) is 11.8 Å². The lowest BCUT2D eigenvalue weighted by molar-refractivity contribution is -0.138. The molecular weight excluding hydrogens is 526 g/mol. The van der Waals surface area contributed by atoms with Gasteiger partial charge in [-0.05, 0) is 96.3 Å². The Labute approximate surface area is 247 Å². The van der Waals surface area contributed by atoms with Crippen LogP contribution in [0, 0.1) is 31.6 Å². The molecule has 0 aromatic heterocycles. The maximum absolute atomic E-state index is 13.2. The van der Waals surface area contributed by atoms with Crippen molar-refractivity contribution >= 4 is 23.5 Å². The number of ether oxygens (including phenoxy) is 2. The van der Waals surface area contributed by atoms with Crippen molar-refractivity contribution in [1.29, 1.82) is 0 Å². The number of aromatic hydroxyl groups is 1. The molecule has 0 bridgehead atoms. The van der Waals surface area contributed by atoms with E-state index in [1.54, 1.807) is 7.05 Å². The van der Waals surface area contributed by atoms with Crippen LogP contribution in [0.1, 0.15) is 41.5 Å². The average Bonchev–Trinajstić information content (AvgIpc) is 3.52. The Morgan fingerprint density at radius 1 is 0.976 bits per heavy atom. The maximum Gasteiger partial charge on any atom is 0.233 e. The number of hydrogen-bond acceptors (Lipinski definition) is 5. The molecule has 0 radical (unpaired) electrons. The van der Waals surface area contributed by atoms with Crippen molar-refractivity contribution in [2.24, 2.45) is 17.8 Å². The number of phenolic OH excluding ortho intramolecular Hbond substituents is 1. The number of likely N-dealkylation sites (tertiary alicyclic amines) is 1. The van der Waals surface area contributed by atoms with Gasteiger partial charge >= 0.3 is 0 Å². The van der Waals surface area contributed by atoms with Gasteiger partial charge in [-0.1, -0.05) is 54.6 Å². The predicted molar refractivity (Wildman–Crippen MR) is 163 cm³/mol. The van der Waals surface area contributed by atoms with Gasteiger partial charge in [0.15, 0.2) is 0 Å². The smallest absolute Gasteiger partial charge is 0.233 e. The van der Waals surface area contributed by atoms with Gasteiger partial charge in [0.25, 0.3) is 0 Å². The number of nitrogens with zero attached hydrogens (tertiary/aromatic N) is 1. The van der Waals surface area contributed by atoms with E-state index in [4.69, 9.17) is 9.47 Å². The predicted octanol–water partition coefficient (Wildman–Crippen LogP) is 6.36. The van der Waals surface area contributed by atoms with E-state index < -0.39 is 0 Å². The van der Waals surface area contributed by atoms with Crippen LogP contribution in [-0.4, -0.2) is 48.2 Å². The number of hydrogen-bond donors (Lipinski definition) is 1. The molecule has 6 rings (SSSR count). The van der Waals surface area contributed by atoms with Crippen LogP contribution in [0.4, 0.5) is 0 Å². The lowest BCUT2D eigenvalue weighted by Crippen LogP contribution is -2.35. The van der Waals surface area contributed by atoms with Gasteiger partial charge in [0.05, 0.1) is 24.5 Å². The molecule has 0 unspecified atom stereocenters. The van der Waals surface area contributed by atoms with E-state index in [1.807, 2.05) is 74.5 Å². The van der Waals surface area contributed by atoms with Crippen LogP contribution < -0.4 is 4.74 Å². The second kappa shape index (κ2) is 11.6. The summed E-state index contributed by atoms with van der Waals surface area (Å²) in [5.74, 6) is 0.0812. The van der Waals surface area contributed by atoms with Crippen LogP contribution in [0.5, 0.6) is 11.5 Å². The lowest BCUT2D eigenvalue weighted by Gasteiger charge is -2.32. The molecule has 216 valence electrons. The molecule has 2 heterocycles. The highest BCUT2D eigenvalue weighted by molar-refractivity contribution is 6.05. The maximum atomic E-state index is 13.2. The lowest BCUT2D eigenvalue weighted by atomic mass is 9.69. The van der Waals surface area contributed by atoms with Crippen molar-refractivity contribution in [3.05, 3.63) is 106 Å². The third-order valence-corrected chi connectivity index (χ3v) is 9.06. The van der Waals surface area contributed by atoms with E-state index in [1.165, 1.54) is 10.5 Å². The summed E-state index contributed by atoms with van der Waals surface area (Å²) in [6.07, 6.45) is 4.06. The molecule has 0 spiro atoms. The molecule has 2 aliphatic heterocycles. The fourth-order valence-electron chi connectivity index (χ4n) is 6.96. The summed E-state index contributed by atoms with van der Waals surface area (Å²) >= 11 is 0. The number of amides is 2. The summed E-state index contributed by atoms with van der Waals surface area (Å²) in [5, 5.41) is 10.3. The topological polar surface area (TPSA) is 76.1 Å². The minimum absolute atomic E-state index is 0.0947. The van der Waals surface area contributed by atoms with Gasteiger partial charge in [0.1, 0.15) is 18.1 Å². The third-order valence-electron chi connectivity index (χ3n) is 9.06. The highest BCUT2D eigenvalue weighted by Gasteiger charge is 2.56. The van der Waals surface area contributed by atoms with Crippen LogP contribution in [0.25, 0.3) is 11.6 Å². The molecule has 2 fully saturated rings. The van der Waals surface area contributed by atoms with E-state index in [-0.39, 0.29) is 35.7 Å². The van der Waals surface area contributed by atoms with E-state index in [0.29, 0.717) is 25.4 Å². The molecule has 0 saturated carbocycles. The molecule has 1 aliphatic carbocycles. The van der Waals surface area contributed by atoms with Gasteiger partial charge in [-0.2, -0.15) is 0 Å². The number of imide groups is 1. The molecule has 2 amide bonds. The summed E-state index contributed by atoms with van der Waals surface area (Å²) < 4.78 is 12.6. The molecule has 4 atom stereocenters. The Bertz CT molecular complexity index is 1540. The fourth-order valence-corrected chi connectivity index (χ4v) is 6.96. The molecule has 1 N–H and O–H groups in total. The molecule has 3 aromatic carbocycles. The van der Waals surface area contributed by atoms with Crippen LogP contribution >= 0.6 is 0 Å². The van der Waals surface area contributed by atoms with Gasteiger partial charge in [-0.25, -0.2) is 0 Å². The SMILES string of the molecule is Cc1cc(/C=C(/CC[C@H]2OC[C@H]3C2=C(COc2ccccc2)C[C@H]2C(=O)N(C)C(=O)[C@H]23)c2ccccc2)cc(C)c1O. The summed E-state index contributed by atoms with van der Waals surface area (Å²) in [7, 11) is 1.60. The number of allylic oxidation sites excluding steroid dienone is 1. The quantitative estimate of drug-likeness (QED) is 0.196. The zero-order valence-corrected chi connectivity index (χ0v) is 24.4. The molecule has 2 saturated heterocycles. The molecule has 6 heteroatoms. The van der Waals surface area contributed by atoms with Crippen LogP contribution in [0.3, 0.4) is 0 Å². The van der Waals surface area contributed by atoms with Crippen molar-refractivity contribution in [1.82, 2.24) is 4.90 Å². The molecule has 6 nitrogen and oxygen atoms in total. The normalized spacial score (nSPS) is 23.8. The second-order valence-electron chi connectivity index (χ2n) is 11.7. The average molecular weight is 564 g/mol. The Balaban J connectivity index is 1.31. The second-order valence-corrected chi connectivity index (χ2v) is 11.7. The van der Waals surface area contributed by atoms with Crippen LogP contribution in [0.15, 0.2) is 83.9 Å². The first-order chi connectivity index (χ1) is 20.3. The minimum atomic E-state index is -0.366. The van der Waals surface area contributed by atoms with E-state index in [9.17, 15) is 14.7 Å². The molecule has 3 aliphatic rings. The molecular formula is C36H37NO5. The van der Waals surface area contributed by atoms with Crippen molar-refractivity contribution in [2.75, 3.05) is 20.3 Å². The van der Waals surface area contributed by atoms with E-state index >= 15 is 0 Å². The van der Waals surface area contributed by atoms with Gasteiger partial charge in [-0.15, -0.1) is 0 Å². The number of para-hydroxylation sites is 1.